The SMILES string of the molecule is O=S(=O)(Nc1cccc(B(O)O)c1NS(=O)(=O)c1ccccc1)c1ccccc1. The summed E-state index contributed by atoms with van der Waals surface area (Å²) in [5.41, 5.74) is -0.650. The van der Waals surface area contributed by atoms with Crippen molar-refractivity contribution in [2.75, 3.05) is 9.44 Å². The van der Waals surface area contributed by atoms with Crippen LogP contribution in [0, 0.1) is 0 Å². The van der Waals surface area contributed by atoms with Crippen LogP contribution in [0.4, 0.5) is 11.4 Å². The van der Waals surface area contributed by atoms with Gasteiger partial charge in [-0.1, -0.05) is 48.5 Å². The predicted octanol–water partition coefficient (Wildman–Crippen LogP) is 0.968. The zero-order valence-electron chi connectivity index (χ0n) is 14.9. The second-order valence-corrected chi connectivity index (χ2v) is 9.35. The van der Waals surface area contributed by atoms with E-state index in [1.807, 2.05) is 0 Å². The number of para-hydroxylation sites is 1. The molecule has 0 aliphatic rings. The number of hydrogen-bond donors (Lipinski definition) is 4. The minimum absolute atomic E-state index is 0.0354. The smallest absolute Gasteiger partial charge is 0.423 e. The van der Waals surface area contributed by atoms with Gasteiger partial charge < -0.3 is 10.0 Å². The van der Waals surface area contributed by atoms with E-state index in [0.717, 1.165) is 0 Å². The zero-order valence-corrected chi connectivity index (χ0v) is 16.6. The van der Waals surface area contributed by atoms with Gasteiger partial charge in [-0.25, -0.2) is 16.8 Å². The van der Waals surface area contributed by atoms with Gasteiger partial charge in [-0.15, -0.1) is 0 Å². The number of benzene rings is 3. The second kappa shape index (κ2) is 8.25. The van der Waals surface area contributed by atoms with Gasteiger partial charge in [-0.3, -0.25) is 9.44 Å². The molecule has 0 aliphatic carbocycles. The van der Waals surface area contributed by atoms with Crippen molar-refractivity contribution in [2.45, 2.75) is 9.79 Å². The lowest BCUT2D eigenvalue weighted by Crippen LogP contribution is -2.34. The molecule has 0 atom stereocenters. The van der Waals surface area contributed by atoms with E-state index in [2.05, 4.69) is 9.44 Å². The van der Waals surface area contributed by atoms with Crippen LogP contribution in [-0.2, 0) is 20.0 Å². The molecule has 0 radical (unpaired) electrons. The lowest BCUT2D eigenvalue weighted by Gasteiger charge is -2.18. The highest BCUT2D eigenvalue weighted by atomic mass is 32.2. The number of sulfonamides is 2. The summed E-state index contributed by atoms with van der Waals surface area (Å²) in [7, 11) is -10.2. The third-order valence-corrected chi connectivity index (χ3v) is 6.71. The maximum Gasteiger partial charge on any atom is 0.490 e. The molecule has 0 heterocycles. The number of rotatable bonds is 7. The summed E-state index contributed by atoms with van der Waals surface area (Å²) in [5, 5.41) is 19.3. The van der Waals surface area contributed by atoms with Crippen molar-refractivity contribution in [3.8, 4) is 0 Å². The molecule has 0 fully saturated rings. The summed E-state index contributed by atoms with van der Waals surface area (Å²) in [4.78, 5) is -0.106. The zero-order chi connectivity index (χ0) is 21.1. The van der Waals surface area contributed by atoms with Crippen molar-refractivity contribution >= 4 is 44.0 Å². The van der Waals surface area contributed by atoms with Crippen molar-refractivity contribution in [3.63, 3.8) is 0 Å². The van der Waals surface area contributed by atoms with Gasteiger partial charge >= 0.3 is 7.12 Å². The van der Waals surface area contributed by atoms with Crippen LogP contribution in [0.3, 0.4) is 0 Å². The normalized spacial score (nSPS) is 11.7. The fraction of sp³-hybridized carbons (Fsp3) is 0. The Morgan fingerprint density at radius 1 is 0.621 bits per heavy atom. The molecule has 3 aromatic carbocycles. The molecule has 0 saturated carbocycles. The molecule has 0 aliphatic heterocycles. The largest absolute Gasteiger partial charge is 0.490 e. The fourth-order valence-electron chi connectivity index (χ4n) is 2.58. The summed E-state index contributed by atoms with van der Waals surface area (Å²) in [6, 6.07) is 18.9. The van der Waals surface area contributed by atoms with Gasteiger partial charge in [0.2, 0.25) is 0 Å². The highest BCUT2D eigenvalue weighted by molar-refractivity contribution is 7.93. The summed E-state index contributed by atoms with van der Waals surface area (Å²) < 4.78 is 55.3. The standard InChI is InChI=1S/C18H17BN2O6S2/c22-19(23)16-12-7-13-17(20-28(24,25)14-8-3-1-4-9-14)18(16)21-29(26,27)15-10-5-2-6-11-15/h1-13,20-23H. The summed E-state index contributed by atoms with van der Waals surface area (Å²) in [6.07, 6.45) is 0. The van der Waals surface area contributed by atoms with Crippen molar-refractivity contribution in [2.24, 2.45) is 0 Å². The maximum atomic E-state index is 12.7. The van der Waals surface area contributed by atoms with Crippen LogP contribution in [0.25, 0.3) is 0 Å². The highest BCUT2D eigenvalue weighted by Crippen LogP contribution is 2.26. The van der Waals surface area contributed by atoms with Crippen LogP contribution in [0.5, 0.6) is 0 Å². The average Bonchev–Trinajstić information content (AvgIpc) is 2.70. The first-order valence-electron chi connectivity index (χ1n) is 8.35. The molecule has 0 spiro atoms. The molecule has 0 amide bonds. The van der Waals surface area contributed by atoms with E-state index in [9.17, 15) is 26.9 Å². The van der Waals surface area contributed by atoms with Crippen molar-refractivity contribution in [3.05, 3.63) is 78.9 Å². The van der Waals surface area contributed by atoms with Crippen LogP contribution in [0.15, 0.2) is 88.7 Å². The summed E-state index contributed by atoms with van der Waals surface area (Å²) in [5.74, 6) is 0. The molecular weight excluding hydrogens is 415 g/mol. The Balaban J connectivity index is 2.07. The lowest BCUT2D eigenvalue weighted by atomic mass is 9.79. The Hall–Kier alpha value is -2.86. The third kappa shape index (κ3) is 4.77. The fourth-order valence-corrected chi connectivity index (χ4v) is 4.80. The van der Waals surface area contributed by atoms with Crippen LogP contribution >= 0.6 is 0 Å². The first kappa shape index (κ1) is 20.9. The van der Waals surface area contributed by atoms with E-state index < -0.39 is 27.2 Å². The number of nitrogens with one attached hydrogen (secondary N) is 2. The minimum Gasteiger partial charge on any atom is -0.423 e. The predicted molar refractivity (Wildman–Crippen MR) is 111 cm³/mol. The maximum absolute atomic E-state index is 12.7. The molecule has 0 aromatic heterocycles. The Kier molecular flexibility index (Phi) is 5.94. The Labute approximate surface area is 169 Å². The Morgan fingerprint density at radius 3 is 1.59 bits per heavy atom. The van der Waals surface area contributed by atoms with Crippen LogP contribution in [-0.4, -0.2) is 34.0 Å². The van der Waals surface area contributed by atoms with Gasteiger partial charge in [0, 0.05) is 5.46 Å². The monoisotopic (exact) mass is 432 g/mol. The van der Waals surface area contributed by atoms with E-state index >= 15 is 0 Å². The molecule has 4 N–H and O–H groups in total. The van der Waals surface area contributed by atoms with E-state index in [1.54, 1.807) is 24.3 Å². The van der Waals surface area contributed by atoms with Crippen LogP contribution in [0.2, 0.25) is 0 Å². The minimum atomic E-state index is -4.12. The topological polar surface area (TPSA) is 133 Å². The number of hydrogen-bond acceptors (Lipinski definition) is 6. The molecule has 3 rings (SSSR count). The van der Waals surface area contributed by atoms with Gasteiger partial charge in [-0.05, 0) is 30.3 Å². The van der Waals surface area contributed by atoms with Crippen molar-refractivity contribution in [1.82, 2.24) is 0 Å². The van der Waals surface area contributed by atoms with Gasteiger partial charge in [0.15, 0.2) is 0 Å². The van der Waals surface area contributed by atoms with Gasteiger partial charge in [0.1, 0.15) is 0 Å². The Bertz CT molecular complexity index is 1200. The van der Waals surface area contributed by atoms with E-state index in [0.29, 0.717) is 0 Å². The Morgan fingerprint density at radius 2 is 1.10 bits per heavy atom. The summed E-state index contributed by atoms with van der Waals surface area (Å²) in [6.45, 7) is 0. The van der Waals surface area contributed by atoms with E-state index in [4.69, 9.17) is 0 Å². The van der Waals surface area contributed by atoms with E-state index in [1.165, 1.54) is 54.6 Å². The highest BCUT2D eigenvalue weighted by Gasteiger charge is 2.25. The molecule has 0 saturated heterocycles. The molecule has 150 valence electrons. The second-order valence-electron chi connectivity index (χ2n) is 5.98. The quantitative estimate of drug-likeness (QED) is 0.412. The molecule has 11 heteroatoms. The number of anilines is 2. The average molecular weight is 432 g/mol. The van der Waals surface area contributed by atoms with Gasteiger partial charge in [-0.2, -0.15) is 0 Å². The van der Waals surface area contributed by atoms with Gasteiger partial charge in [0.05, 0.1) is 21.2 Å². The first-order chi connectivity index (χ1) is 13.7. The molecular formula is C18H17BN2O6S2. The van der Waals surface area contributed by atoms with Crippen molar-refractivity contribution < 1.29 is 26.9 Å². The molecule has 0 bridgehead atoms. The van der Waals surface area contributed by atoms with Gasteiger partial charge in [0.25, 0.3) is 20.0 Å². The molecule has 8 nitrogen and oxygen atoms in total. The molecule has 0 unspecified atom stereocenters. The van der Waals surface area contributed by atoms with E-state index in [-0.39, 0.29) is 26.6 Å². The molecule has 3 aromatic rings. The summed E-state index contributed by atoms with van der Waals surface area (Å²) >= 11 is 0. The third-order valence-electron chi connectivity index (χ3n) is 3.96. The van der Waals surface area contributed by atoms with Crippen LogP contribution < -0.4 is 14.9 Å². The van der Waals surface area contributed by atoms with Crippen LogP contribution in [0.1, 0.15) is 0 Å². The first-order valence-corrected chi connectivity index (χ1v) is 11.3. The lowest BCUT2D eigenvalue weighted by molar-refractivity contribution is 0.426. The molecule has 29 heavy (non-hydrogen) atoms. The van der Waals surface area contributed by atoms with Crippen molar-refractivity contribution in [1.29, 1.82) is 0 Å².